The van der Waals surface area contributed by atoms with Gasteiger partial charge in [0, 0.05) is 19.6 Å². The van der Waals surface area contributed by atoms with Crippen LogP contribution in [0.15, 0.2) is 0 Å². The van der Waals surface area contributed by atoms with E-state index in [-0.39, 0.29) is 31.0 Å². The summed E-state index contributed by atoms with van der Waals surface area (Å²) in [6.45, 7) is 1.32. The van der Waals surface area contributed by atoms with Gasteiger partial charge in [0.2, 0.25) is 5.91 Å². The topological polar surface area (TPSA) is 78.5 Å². The minimum Gasteiger partial charge on any atom is -0.354 e. The summed E-state index contributed by atoms with van der Waals surface area (Å²) in [5.74, 6) is -3.59. The van der Waals surface area contributed by atoms with Crippen LogP contribution in [0.3, 0.4) is 0 Å². The van der Waals surface area contributed by atoms with Gasteiger partial charge in [-0.05, 0) is 38.1 Å². The Balaban J connectivity index is 1.83. The Kier molecular flexibility index (Phi) is 5.50. The standard InChI is InChI=1S/C12H21F2N3O3S/c13-12(14)21(19,20)17-6-2-3-9(8-17)7-16-11(18)10-4-1-5-15-10/h9-10,12,15H,1-8H2,(H,16,18). The van der Waals surface area contributed by atoms with E-state index in [0.29, 0.717) is 13.0 Å². The van der Waals surface area contributed by atoms with Gasteiger partial charge in [0.1, 0.15) is 0 Å². The van der Waals surface area contributed by atoms with Crippen molar-refractivity contribution in [3.63, 3.8) is 0 Å². The predicted molar refractivity (Wildman–Crippen MR) is 73.3 cm³/mol. The zero-order valence-corrected chi connectivity index (χ0v) is 12.5. The lowest BCUT2D eigenvalue weighted by Crippen LogP contribution is -2.47. The highest BCUT2D eigenvalue weighted by molar-refractivity contribution is 7.89. The third-order valence-electron chi connectivity index (χ3n) is 4.01. The van der Waals surface area contributed by atoms with Crippen molar-refractivity contribution in [2.75, 3.05) is 26.2 Å². The molecule has 2 atom stereocenters. The smallest absolute Gasteiger partial charge is 0.350 e. The molecular weight excluding hydrogens is 304 g/mol. The summed E-state index contributed by atoms with van der Waals surface area (Å²) in [6.07, 6.45) is 3.02. The summed E-state index contributed by atoms with van der Waals surface area (Å²) in [5.41, 5.74) is 0. The molecule has 2 unspecified atom stereocenters. The first-order chi connectivity index (χ1) is 9.91. The van der Waals surface area contributed by atoms with Crippen molar-refractivity contribution in [2.24, 2.45) is 5.92 Å². The Labute approximate surface area is 123 Å². The van der Waals surface area contributed by atoms with Gasteiger partial charge in [-0.1, -0.05) is 0 Å². The van der Waals surface area contributed by atoms with Crippen molar-refractivity contribution >= 4 is 15.9 Å². The van der Waals surface area contributed by atoms with E-state index in [9.17, 15) is 22.0 Å². The van der Waals surface area contributed by atoms with Gasteiger partial charge in [-0.15, -0.1) is 0 Å². The maximum Gasteiger partial charge on any atom is 0.350 e. The molecule has 0 aromatic carbocycles. The molecule has 0 radical (unpaired) electrons. The van der Waals surface area contributed by atoms with Crippen LogP contribution < -0.4 is 10.6 Å². The Bertz CT molecular complexity index is 466. The zero-order chi connectivity index (χ0) is 15.5. The van der Waals surface area contributed by atoms with E-state index >= 15 is 0 Å². The molecule has 0 aliphatic carbocycles. The largest absolute Gasteiger partial charge is 0.354 e. The lowest BCUT2D eigenvalue weighted by molar-refractivity contribution is -0.123. The van der Waals surface area contributed by atoms with E-state index in [1.165, 1.54) is 0 Å². The third kappa shape index (κ3) is 4.10. The van der Waals surface area contributed by atoms with Crippen LogP contribution in [-0.4, -0.2) is 56.6 Å². The molecule has 9 heteroatoms. The molecular formula is C12H21F2N3O3S. The molecule has 122 valence electrons. The van der Waals surface area contributed by atoms with Crippen LogP contribution >= 0.6 is 0 Å². The third-order valence-corrected chi connectivity index (χ3v) is 5.51. The average Bonchev–Trinajstić information content (AvgIpc) is 2.99. The van der Waals surface area contributed by atoms with Crippen molar-refractivity contribution < 1.29 is 22.0 Å². The summed E-state index contributed by atoms with van der Waals surface area (Å²) in [7, 11) is -4.51. The maximum absolute atomic E-state index is 12.5. The summed E-state index contributed by atoms with van der Waals surface area (Å²) >= 11 is 0. The molecule has 0 bridgehead atoms. The fourth-order valence-electron chi connectivity index (χ4n) is 2.81. The number of hydrogen-bond donors (Lipinski definition) is 2. The minimum atomic E-state index is -4.51. The van der Waals surface area contributed by atoms with Crippen LogP contribution in [0.5, 0.6) is 0 Å². The number of sulfonamides is 1. The molecule has 1 amide bonds. The lowest BCUT2D eigenvalue weighted by Gasteiger charge is -2.31. The monoisotopic (exact) mass is 325 g/mol. The summed E-state index contributed by atoms with van der Waals surface area (Å²) in [4.78, 5) is 11.8. The Hall–Kier alpha value is -0.800. The fourth-order valence-corrected chi connectivity index (χ4v) is 3.84. The Morgan fingerprint density at radius 1 is 1.33 bits per heavy atom. The number of piperidine rings is 1. The number of nitrogens with zero attached hydrogens (tertiary/aromatic N) is 1. The number of alkyl halides is 2. The van der Waals surface area contributed by atoms with Crippen molar-refractivity contribution in [1.82, 2.24) is 14.9 Å². The van der Waals surface area contributed by atoms with E-state index in [0.717, 1.165) is 30.1 Å². The number of carbonyl (C=O) groups is 1. The lowest BCUT2D eigenvalue weighted by atomic mass is 9.99. The summed E-state index contributed by atoms with van der Waals surface area (Å²) < 4.78 is 48.8. The van der Waals surface area contributed by atoms with Gasteiger partial charge >= 0.3 is 5.76 Å². The van der Waals surface area contributed by atoms with Crippen molar-refractivity contribution in [2.45, 2.75) is 37.5 Å². The maximum atomic E-state index is 12.5. The molecule has 0 spiro atoms. The predicted octanol–water partition coefficient (Wildman–Crippen LogP) is 0.119. The molecule has 2 aliphatic heterocycles. The van der Waals surface area contributed by atoms with Crippen LogP contribution in [0, 0.1) is 5.92 Å². The summed E-state index contributed by atoms with van der Waals surface area (Å²) in [6, 6.07) is -0.186. The quantitative estimate of drug-likeness (QED) is 0.752. The van der Waals surface area contributed by atoms with Crippen LogP contribution in [-0.2, 0) is 14.8 Å². The molecule has 2 fully saturated rings. The van der Waals surface area contributed by atoms with Crippen LogP contribution in [0.2, 0.25) is 0 Å². The van der Waals surface area contributed by atoms with Gasteiger partial charge < -0.3 is 10.6 Å². The van der Waals surface area contributed by atoms with E-state index in [4.69, 9.17) is 0 Å². The van der Waals surface area contributed by atoms with Gasteiger partial charge in [0.25, 0.3) is 10.0 Å². The second-order valence-corrected chi connectivity index (χ2v) is 7.47. The number of amides is 1. The van der Waals surface area contributed by atoms with E-state index in [1.54, 1.807) is 0 Å². The molecule has 2 saturated heterocycles. The van der Waals surface area contributed by atoms with Crippen LogP contribution in [0.25, 0.3) is 0 Å². The Morgan fingerprint density at radius 2 is 2.10 bits per heavy atom. The van der Waals surface area contributed by atoms with Gasteiger partial charge in [-0.2, -0.15) is 13.1 Å². The molecule has 2 aliphatic rings. The molecule has 0 aromatic heterocycles. The highest BCUT2D eigenvalue weighted by Crippen LogP contribution is 2.22. The van der Waals surface area contributed by atoms with Crippen LogP contribution in [0.1, 0.15) is 25.7 Å². The van der Waals surface area contributed by atoms with Gasteiger partial charge in [-0.25, -0.2) is 8.42 Å². The number of rotatable bonds is 5. The van der Waals surface area contributed by atoms with E-state index in [2.05, 4.69) is 10.6 Å². The Morgan fingerprint density at radius 3 is 2.71 bits per heavy atom. The van der Waals surface area contributed by atoms with Gasteiger partial charge in [0.15, 0.2) is 0 Å². The molecule has 21 heavy (non-hydrogen) atoms. The van der Waals surface area contributed by atoms with Gasteiger partial charge in [-0.3, -0.25) is 4.79 Å². The highest BCUT2D eigenvalue weighted by Gasteiger charge is 2.35. The SMILES string of the molecule is O=C(NCC1CCCN(S(=O)(=O)C(F)F)C1)C1CCCN1. The fraction of sp³-hybridized carbons (Fsp3) is 0.917. The molecule has 2 N–H and O–H groups in total. The molecule has 6 nitrogen and oxygen atoms in total. The zero-order valence-electron chi connectivity index (χ0n) is 11.7. The molecule has 0 saturated carbocycles. The van der Waals surface area contributed by atoms with Crippen molar-refractivity contribution in [3.8, 4) is 0 Å². The molecule has 0 aromatic rings. The van der Waals surface area contributed by atoms with E-state index in [1.807, 2.05) is 0 Å². The summed E-state index contributed by atoms with van der Waals surface area (Å²) in [5, 5.41) is 5.86. The average molecular weight is 325 g/mol. The minimum absolute atomic E-state index is 0.0467. The number of nitrogens with one attached hydrogen (secondary N) is 2. The van der Waals surface area contributed by atoms with E-state index < -0.39 is 15.8 Å². The first kappa shape index (κ1) is 16.6. The molecule has 2 rings (SSSR count). The normalized spacial score (nSPS) is 28.0. The second kappa shape index (κ2) is 6.97. The van der Waals surface area contributed by atoms with Gasteiger partial charge in [0.05, 0.1) is 6.04 Å². The number of halogens is 2. The van der Waals surface area contributed by atoms with Crippen molar-refractivity contribution in [1.29, 1.82) is 0 Å². The van der Waals surface area contributed by atoms with Crippen LogP contribution in [0.4, 0.5) is 8.78 Å². The molecule has 2 heterocycles. The second-order valence-electron chi connectivity index (χ2n) is 5.57. The number of carbonyl (C=O) groups excluding carboxylic acids is 1. The first-order valence-corrected chi connectivity index (χ1v) is 8.70. The van der Waals surface area contributed by atoms with Crippen molar-refractivity contribution in [3.05, 3.63) is 0 Å². The highest BCUT2D eigenvalue weighted by atomic mass is 32.2. The number of hydrogen-bond acceptors (Lipinski definition) is 4. The first-order valence-electron chi connectivity index (χ1n) is 7.19.